The van der Waals surface area contributed by atoms with Crippen molar-refractivity contribution >= 4 is 29.0 Å². The van der Waals surface area contributed by atoms with E-state index in [-0.39, 0.29) is 17.5 Å². The number of aryl methyl sites for hydroxylation is 1. The van der Waals surface area contributed by atoms with Crippen molar-refractivity contribution in [1.29, 1.82) is 0 Å². The minimum absolute atomic E-state index is 0.00369. The van der Waals surface area contributed by atoms with Crippen LogP contribution in [0.4, 0.5) is 0 Å². The predicted molar refractivity (Wildman–Crippen MR) is 120 cm³/mol. The quantitative estimate of drug-likeness (QED) is 0.633. The predicted octanol–water partition coefficient (Wildman–Crippen LogP) is 3.35. The molecule has 0 aliphatic rings. The molecular weight excluding hydrogens is 384 g/mol. The molecule has 0 saturated heterocycles. The first-order valence-corrected chi connectivity index (χ1v) is 9.91. The van der Waals surface area contributed by atoms with E-state index in [2.05, 4.69) is 10.3 Å². The maximum absolute atomic E-state index is 13.2. The smallest absolute Gasteiger partial charge is 0.266 e. The Morgan fingerprint density at radius 3 is 2.66 bits per heavy atom. The summed E-state index contributed by atoms with van der Waals surface area (Å²) >= 11 is 5.48. The van der Waals surface area contributed by atoms with Crippen LogP contribution in [0, 0.1) is 18.6 Å². The molecule has 0 saturated carbocycles. The molecule has 2 aromatic carbocycles. The molecule has 1 amide bonds. The normalized spacial score (nSPS) is 12.3. The summed E-state index contributed by atoms with van der Waals surface area (Å²) < 4.78 is 1.81. The van der Waals surface area contributed by atoms with Gasteiger partial charge in [-0.15, -0.1) is 0 Å². The van der Waals surface area contributed by atoms with Gasteiger partial charge < -0.3 is 15.2 Å². The molecule has 3 aromatic rings. The van der Waals surface area contributed by atoms with Gasteiger partial charge in [-0.1, -0.05) is 12.1 Å². The number of hydrogen-bond donors (Lipinski definition) is 2. The number of rotatable bonds is 5. The summed E-state index contributed by atoms with van der Waals surface area (Å²) in [5.41, 5.74) is 3.68. The third kappa shape index (κ3) is 4.31. The van der Waals surface area contributed by atoms with Crippen molar-refractivity contribution in [2.75, 3.05) is 20.6 Å². The van der Waals surface area contributed by atoms with Gasteiger partial charge in [-0.3, -0.25) is 14.2 Å². The van der Waals surface area contributed by atoms with Crippen molar-refractivity contribution < 1.29 is 4.79 Å². The van der Waals surface area contributed by atoms with Gasteiger partial charge in [0.15, 0.2) is 4.77 Å². The Morgan fingerprint density at radius 1 is 1.24 bits per heavy atom. The van der Waals surface area contributed by atoms with Gasteiger partial charge in [-0.2, -0.15) is 0 Å². The summed E-state index contributed by atoms with van der Waals surface area (Å²) in [5, 5.41) is 3.45. The third-order valence-corrected chi connectivity index (χ3v) is 5.28. The summed E-state index contributed by atoms with van der Waals surface area (Å²) in [5.74, 6) is -0.181. The van der Waals surface area contributed by atoms with Gasteiger partial charge >= 0.3 is 0 Å². The van der Waals surface area contributed by atoms with Crippen molar-refractivity contribution in [3.05, 3.63) is 68.2 Å². The molecule has 0 radical (unpaired) electrons. The lowest BCUT2D eigenvalue weighted by atomic mass is 10.1. The number of H-pyrrole nitrogens is 1. The average Bonchev–Trinajstić information content (AvgIpc) is 2.63. The van der Waals surface area contributed by atoms with E-state index >= 15 is 0 Å². The van der Waals surface area contributed by atoms with E-state index in [1.807, 2.05) is 58.0 Å². The second-order valence-electron chi connectivity index (χ2n) is 7.69. The zero-order chi connectivity index (χ0) is 21.3. The second kappa shape index (κ2) is 8.31. The van der Waals surface area contributed by atoms with E-state index in [1.165, 1.54) is 4.57 Å². The van der Waals surface area contributed by atoms with Crippen LogP contribution in [0.3, 0.4) is 0 Å². The molecule has 6 nitrogen and oxygen atoms in total. The summed E-state index contributed by atoms with van der Waals surface area (Å²) in [4.78, 5) is 30.9. The van der Waals surface area contributed by atoms with Gasteiger partial charge in [-0.25, -0.2) is 0 Å². The molecule has 1 heterocycles. The summed E-state index contributed by atoms with van der Waals surface area (Å²) in [6, 6.07) is 10.8. The SMILES string of the molecule is Cc1cccc(-n2c(=S)[nH]c3cc(C(=O)N[C@@H](C)CN(C)C)ccc3c2=O)c1C. The van der Waals surface area contributed by atoms with Gasteiger partial charge in [0, 0.05) is 18.2 Å². The van der Waals surface area contributed by atoms with Crippen LogP contribution in [-0.4, -0.2) is 47.0 Å². The first-order chi connectivity index (χ1) is 13.7. The molecule has 0 aliphatic carbocycles. The zero-order valence-electron chi connectivity index (χ0n) is 17.4. The Bertz CT molecular complexity index is 1190. The van der Waals surface area contributed by atoms with Gasteiger partial charge in [0.1, 0.15) is 0 Å². The molecule has 152 valence electrons. The number of likely N-dealkylation sites (N-methyl/N-ethyl adjacent to an activating group) is 1. The number of nitrogens with one attached hydrogen (secondary N) is 2. The van der Waals surface area contributed by atoms with Crippen molar-refractivity contribution in [2.45, 2.75) is 26.8 Å². The van der Waals surface area contributed by atoms with E-state index in [1.54, 1.807) is 18.2 Å². The van der Waals surface area contributed by atoms with Crippen molar-refractivity contribution in [1.82, 2.24) is 19.8 Å². The maximum Gasteiger partial charge on any atom is 0.266 e. The van der Waals surface area contributed by atoms with Crippen molar-refractivity contribution in [3.63, 3.8) is 0 Å². The van der Waals surface area contributed by atoms with Crippen LogP contribution in [-0.2, 0) is 0 Å². The van der Waals surface area contributed by atoms with E-state index in [4.69, 9.17) is 12.2 Å². The van der Waals surface area contributed by atoms with Crippen molar-refractivity contribution in [3.8, 4) is 5.69 Å². The zero-order valence-corrected chi connectivity index (χ0v) is 18.2. The Morgan fingerprint density at radius 2 is 1.97 bits per heavy atom. The molecule has 2 N–H and O–H groups in total. The first kappa shape index (κ1) is 21.0. The number of aromatic amines is 1. The standard InChI is InChI=1S/C22H26N4O2S/c1-13-7-6-8-19(15(13)3)26-21(28)17-10-9-16(11-18(17)24-22(26)29)20(27)23-14(2)12-25(4)5/h6-11,14H,12H2,1-5H3,(H,23,27)(H,24,29)/t14-/m0/s1. The Hall–Kier alpha value is -2.77. The summed E-state index contributed by atoms with van der Waals surface area (Å²) in [6.45, 7) is 6.66. The fourth-order valence-electron chi connectivity index (χ4n) is 3.46. The lowest BCUT2D eigenvalue weighted by molar-refractivity contribution is 0.0934. The van der Waals surface area contributed by atoms with Gasteiger partial charge in [-0.05, 0) is 82.5 Å². The largest absolute Gasteiger partial charge is 0.348 e. The number of amides is 1. The molecule has 7 heteroatoms. The molecule has 0 fully saturated rings. The summed E-state index contributed by atoms with van der Waals surface area (Å²) in [7, 11) is 3.92. The Labute approximate surface area is 175 Å². The third-order valence-electron chi connectivity index (χ3n) is 4.99. The highest BCUT2D eigenvalue weighted by Gasteiger charge is 2.14. The van der Waals surface area contributed by atoms with Crippen LogP contribution in [0.2, 0.25) is 0 Å². The van der Waals surface area contributed by atoms with E-state index in [0.29, 0.717) is 21.2 Å². The highest BCUT2D eigenvalue weighted by Crippen LogP contribution is 2.18. The van der Waals surface area contributed by atoms with Crippen molar-refractivity contribution in [2.24, 2.45) is 0 Å². The number of fused-ring (bicyclic) bond motifs is 1. The van der Waals surface area contributed by atoms with Crippen LogP contribution in [0.5, 0.6) is 0 Å². The number of nitrogens with zero attached hydrogens (tertiary/aromatic N) is 2. The van der Waals surface area contributed by atoms with Gasteiger partial charge in [0.05, 0.1) is 16.6 Å². The molecule has 1 atom stereocenters. The maximum atomic E-state index is 13.2. The number of carbonyl (C=O) groups excluding carboxylic acids is 1. The summed E-state index contributed by atoms with van der Waals surface area (Å²) in [6.07, 6.45) is 0. The molecule has 0 spiro atoms. The first-order valence-electron chi connectivity index (χ1n) is 9.50. The Kier molecular flexibility index (Phi) is 6.00. The Balaban J connectivity index is 2.04. The topological polar surface area (TPSA) is 70.1 Å². The lowest BCUT2D eigenvalue weighted by Gasteiger charge is -2.18. The average molecular weight is 411 g/mol. The van der Waals surface area contributed by atoms with E-state index in [0.717, 1.165) is 23.4 Å². The highest BCUT2D eigenvalue weighted by atomic mass is 32.1. The highest BCUT2D eigenvalue weighted by molar-refractivity contribution is 7.71. The van der Waals surface area contributed by atoms with Crippen LogP contribution in [0.1, 0.15) is 28.4 Å². The molecule has 1 aromatic heterocycles. The second-order valence-corrected chi connectivity index (χ2v) is 8.07. The fourth-order valence-corrected chi connectivity index (χ4v) is 3.75. The van der Waals surface area contributed by atoms with E-state index in [9.17, 15) is 9.59 Å². The number of hydrogen-bond acceptors (Lipinski definition) is 4. The fraction of sp³-hybridized carbons (Fsp3) is 0.318. The molecular formula is C22H26N4O2S. The molecule has 29 heavy (non-hydrogen) atoms. The van der Waals surface area contributed by atoms with E-state index < -0.39 is 0 Å². The lowest BCUT2D eigenvalue weighted by Crippen LogP contribution is -2.39. The number of aromatic nitrogens is 2. The van der Waals surface area contributed by atoms with Crippen LogP contribution in [0.25, 0.3) is 16.6 Å². The number of benzene rings is 2. The molecule has 0 bridgehead atoms. The molecule has 0 unspecified atom stereocenters. The molecule has 0 aliphatic heterocycles. The van der Waals surface area contributed by atoms with Crippen LogP contribution >= 0.6 is 12.2 Å². The minimum Gasteiger partial charge on any atom is -0.348 e. The van der Waals surface area contributed by atoms with Crippen LogP contribution < -0.4 is 10.9 Å². The molecule has 3 rings (SSSR count). The van der Waals surface area contributed by atoms with Gasteiger partial charge in [0.25, 0.3) is 11.5 Å². The number of carbonyl (C=O) groups is 1. The van der Waals surface area contributed by atoms with Gasteiger partial charge in [0.2, 0.25) is 0 Å². The minimum atomic E-state index is -0.203. The van der Waals surface area contributed by atoms with Crippen LogP contribution in [0.15, 0.2) is 41.2 Å². The monoisotopic (exact) mass is 410 g/mol.